The summed E-state index contributed by atoms with van der Waals surface area (Å²) >= 11 is 1.60. The van der Waals surface area contributed by atoms with Crippen LogP contribution in [-0.4, -0.2) is 41.8 Å². The van der Waals surface area contributed by atoms with Gasteiger partial charge in [-0.05, 0) is 105 Å². The third-order valence-electron chi connectivity index (χ3n) is 11.3. The van der Waals surface area contributed by atoms with Crippen LogP contribution in [0.1, 0.15) is 83.0 Å². The Labute approximate surface area is 323 Å². The Morgan fingerprint density at radius 2 is 1.20 bits per heavy atom. The van der Waals surface area contributed by atoms with Gasteiger partial charge in [-0.25, -0.2) is 4.79 Å². The third kappa shape index (κ3) is 6.53. The van der Waals surface area contributed by atoms with Crippen LogP contribution in [0.3, 0.4) is 0 Å². The number of amides is 1. The fourth-order valence-electron chi connectivity index (χ4n) is 8.43. The number of benzene rings is 4. The fourth-order valence-corrected chi connectivity index (χ4v) is 11.6. The van der Waals surface area contributed by atoms with Crippen molar-refractivity contribution in [3.8, 4) is 0 Å². The van der Waals surface area contributed by atoms with Crippen LogP contribution in [-0.2, 0) is 33.2 Å². The monoisotopic (exact) mass is 769 g/mol. The number of thioether (sulfide) groups is 1. The number of aromatic nitrogens is 2. The number of carbonyl (C=O) groups is 2. The molecule has 6 aromatic rings. The molecule has 55 heavy (non-hydrogen) atoms. The smallest absolute Gasteiger partial charge is 0.327 e. The summed E-state index contributed by atoms with van der Waals surface area (Å²) in [6.45, 7) is 0. The molecular weight excluding hydrogens is 731 g/mol. The lowest BCUT2D eigenvalue weighted by Crippen LogP contribution is -2.33. The lowest BCUT2D eigenvalue weighted by molar-refractivity contribution is -0.140. The van der Waals surface area contributed by atoms with Crippen LogP contribution in [0.4, 0.5) is 0 Å². The van der Waals surface area contributed by atoms with Gasteiger partial charge in [-0.15, -0.1) is 11.8 Å². The van der Waals surface area contributed by atoms with Crippen LogP contribution in [0.25, 0.3) is 21.5 Å². The van der Waals surface area contributed by atoms with Crippen molar-refractivity contribution in [2.75, 3.05) is 11.5 Å². The molecule has 2 aliphatic heterocycles. The number of nitrogens with zero attached hydrogens (tertiary/aromatic N) is 2. The number of pyridine rings is 2. The van der Waals surface area contributed by atoms with Gasteiger partial charge in [-0.2, -0.15) is 0 Å². The molecule has 278 valence electrons. The van der Waals surface area contributed by atoms with E-state index in [0.29, 0.717) is 23.1 Å². The van der Waals surface area contributed by atoms with Crippen LogP contribution in [0.2, 0.25) is 0 Å². The van der Waals surface area contributed by atoms with Gasteiger partial charge in [0.2, 0.25) is 5.91 Å². The van der Waals surface area contributed by atoms with Crippen molar-refractivity contribution in [1.82, 2.24) is 9.13 Å². The van der Waals surface area contributed by atoms with E-state index >= 15 is 0 Å². The highest BCUT2D eigenvalue weighted by Crippen LogP contribution is 2.49. The van der Waals surface area contributed by atoms with Crippen molar-refractivity contribution in [1.29, 1.82) is 0 Å². The second-order valence-corrected chi connectivity index (χ2v) is 17.4. The molecular formula is C44H39N3O6S2. The maximum Gasteiger partial charge on any atom is 0.327 e. The van der Waals surface area contributed by atoms with Crippen LogP contribution in [0.5, 0.6) is 0 Å². The molecule has 0 bridgehead atoms. The highest BCUT2D eigenvalue weighted by atomic mass is 32.2. The number of fused-ring (bicyclic) bond motifs is 4. The van der Waals surface area contributed by atoms with Crippen molar-refractivity contribution in [3.63, 3.8) is 0 Å². The summed E-state index contributed by atoms with van der Waals surface area (Å²) in [5.74, 6) is -0.228. The van der Waals surface area contributed by atoms with Gasteiger partial charge in [0.25, 0.3) is 11.1 Å². The number of hydrogen-bond donors (Lipinski definition) is 2. The molecule has 0 spiro atoms. The topological polar surface area (TPSA) is 141 Å². The van der Waals surface area contributed by atoms with Gasteiger partial charge >= 0.3 is 5.97 Å². The predicted octanol–water partition coefficient (Wildman–Crippen LogP) is 6.82. The summed E-state index contributed by atoms with van der Waals surface area (Å²) in [6, 6.07) is 30.7. The Hall–Kier alpha value is -5.26. The minimum absolute atomic E-state index is 0.0258. The Kier molecular flexibility index (Phi) is 9.09. The van der Waals surface area contributed by atoms with Crippen molar-refractivity contribution < 1.29 is 18.9 Å². The van der Waals surface area contributed by atoms with Gasteiger partial charge in [0.05, 0.1) is 21.6 Å². The molecule has 3 atom stereocenters. The molecule has 2 aromatic heterocycles. The maximum atomic E-state index is 12.8. The molecule has 2 fully saturated rings. The number of hydrogen-bond acceptors (Lipinski definition) is 6. The molecule has 0 radical (unpaired) electrons. The fraction of sp³-hybridized carbons (Fsp3) is 0.273. The molecule has 9 nitrogen and oxygen atoms in total. The highest BCUT2D eigenvalue weighted by Gasteiger charge is 2.41. The van der Waals surface area contributed by atoms with Crippen molar-refractivity contribution in [2.45, 2.75) is 72.5 Å². The van der Waals surface area contributed by atoms with Gasteiger partial charge in [0.15, 0.2) is 0 Å². The minimum Gasteiger partial charge on any atom is -0.480 e. The summed E-state index contributed by atoms with van der Waals surface area (Å²) in [5.41, 5.74) is 11.6. The Morgan fingerprint density at radius 3 is 1.75 bits per heavy atom. The number of aliphatic carboxylic acids is 1. The summed E-state index contributed by atoms with van der Waals surface area (Å²) in [5, 5.41) is 15.6. The first-order valence-electron chi connectivity index (χ1n) is 18.7. The average molecular weight is 770 g/mol. The number of nitrogens with two attached hydrogens (primary N) is 1. The van der Waals surface area contributed by atoms with Gasteiger partial charge in [0.1, 0.15) is 17.1 Å². The first-order chi connectivity index (χ1) is 26.7. The summed E-state index contributed by atoms with van der Waals surface area (Å²) in [4.78, 5) is 49.0. The number of rotatable bonds is 8. The van der Waals surface area contributed by atoms with Crippen LogP contribution in [0, 0.1) is 0 Å². The normalized spacial score (nSPS) is 19.8. The largest absolute Gasteiger partial charge is 0.480 e. The second kappa shape index (κ2) is 14.1. The standard InChI is InChI=1S/C22H20N2O2S.C22H19NO4S/c23-21(26)18-12-27-22-20(14-8-9-14)16(11-19(25)24(18)22)10-15-6-3-5-13-4-1-2-7-17(13)15;24-19-11-16(10-15-6-3-5-13-4-1-2-7-17(13)15)20(14-8-9-14)21-23(19)18(22(25)26)12-28(21)27/h1-7,11,14,18H,8-10,12H2,(H2,23,26);1-7,11,14,18H,8-10,12H2,(H,25,26)/t18-;/m0./s1. The Bertz CT molecular complexity index is 2700. The van der Waals surface area contributed by atoms with E-state index in [2.05, 4.69) is 60.7 Å². The number of carboxylic acid groups (broad SMARTS) is 1. The molecule has 2 aliphatic carbocycles. The van der Waals surface area contributed by atoms with E-state index in [-0.39, 0.29) is 22.8 Å². The summed E-state index contributed by atoms with van der Waals surface area (Å²) in [7, 11) is -1.46. The van der Waals surface area contributed by atoms with E-state index in [1.54, 1.807) is 28.5 Å². The zero-order chi connectivity index (χ0) is 38.0. The maximum absolute atomic E-state index is 12.8. The van der Waals surface area contributed by atoms with Gasteiger partial charge < -0.3 is 10.8 Å². The van der Waals surface area contributed by atoms with Crippen molar-refractivity contribution >= 4 is 56.0 Å². The zero-order valence-electron chi connectivity index (χ0n) is 30.0. The first kappa shape index (κ1) is 35.4. The molecule has 2 unspecified atom stereocenters. The minimum atomic E-state index is -1.46. The quantitative estimate of drug-likeness (QED) is 0.173. The summed E-state index contributed by atoms with van der Waals surface area (Å²) < 4.78 is 15.7. The zero-order valence-corrected chi connectivity index (χ0v) is 31.6. The highest BCUT2D eigenvalue weighted by molar-refractivity contribution is 7.99. The van der Waals surface area contributed by atoms with Crippen LogP contribution >= 0.6 is 11.8 Å². The Morgan fingerprint density at radius 1 is 0.691 bits per heavy atom. The second-order valence-electron chi connectivity index (χ2n) is 15.0. The van der Waals surface area contributed by atoms with Gasteiger partial charge in [0, 0.05) is 17.9 Å². The predicted molar refractivity (Wildman–Crippen MR) is 216 cm³/mol. The van der Waals surface area contributed by atoms with Crippen LogP contribution in [0.15, 0.2) is 117 Å². The molecule has 0 saturated heterocycles. The average Bonchev–Trinajstić information content (AvgIpc) is 4.11. The lowest BCUT2D eigenvalue weighted by Gasteiger charge is -2.17. The number of primary amides is 1. The third-order valence-corrected chi connectivity index (χ3v) is 13.9. The molecule has 4 aliphatic rings. The van der Waals surface area contributed by atoms with E-state index in [1.165, 1.54) is 26.5 Å². The van der Waals surface area contributed by atoms with E-state index < -0.39 is 34.8 Å². The first-order valence-corrected chi connectivity index (χ1v) is 21.0. The summed E-state index contributed by atoms with van der Waals surface area (Å²) in [6.07, 6.45) is 5.58. The van der Waals surface area contributed by atoms with Gasteiger partial charge in [-0.1, -0.05) is 84.9 Å². The van der Waals surface area contributed by atoms with E-state index in [0.717, 1.165) is 70.2 Å². The lowest BCUT2D eigenvalue weighted by atomic mass is 9.95. The van der Waals surface area contributed by atoms with Crippen molar-refractivity contribution in [2.24, 2.45) is 5.73 Å². The number of carboxylic acids is 1. The van der Waals surface area contributed by atoms with E-state index in [4.69, 9.17) is 5.73 Å². The van der Waals surface area contributed by atoms with Gasteiger partial charge in [-0.3, -0.25) is 27.7 Å². The van der Waals surface area contributed by atoms with E-state index in [1.807, 2.05) is 24.3 Å². The molecule has 4 aromatic carbocycles. The molecule has 4 heterocycles. The molecule has 11 heteroatoms. The number of carbonyl (C=O) groups excluding carboxylic acids is 1. The van der Waals surface area contributed by atoms with Crippen LogP contribution < -0.4 is 16.9 Å². The van der Waals surface area contributed by atoms with E-state index in [9.17, 15) is 28.5 Å². The molecule has 2 saturated carbocycles. The SMILES string of the molecule is NC(=O)[C@@H]1CSc2c(C3CC3)c(Cc3cccc4ccccc34)cc(=O)n21.O=C(O)C1CS(=O)c2c(C3CC3)c(Cc3cccc4ccccc34)cc(=O)n21. The molecule has 1 amide bonds. The van der Waals surface area contributed by atoms with Crippen molar-refractivity contribution in [3.05, 3.63) is 151 Å². The molecule has 10 rings (SSSR count). The molecule has 3 N–H and O–H groups in total. The Balaban J connectivity index is 0.000000144.